The van der Waals surface area contributed by atoms with Crippen LogP contribution in [0.3, 0.4) is 0 Å². The maximum absolute atomic E-state index is 5.48. The van der Waals surface area contributed by atoms with Crippen molar-refractivity contribution in [1.82, 2.24) is 20.0 Å². The van der Waals surface area contributed by atoms with Crippen molar-refractivity contribution in [2.24, 2.45) is 7.05 Å². The number of benzene rings is 1. The van der Waals surface area contributed by atoms with Crippen molar-refractivity contribution in [2.75, 3.05) is 31.2 Å². The maximum atomic E-state index is 5.48. The number of ether oxygens (including phenoxy) is 1. The number of anilines is 1. The highest BCUT2D eigenvalue weighted by atomic mass is 32.1. The van der Waals surface area contributed by atoms with Crippen LogP contribution in [0.15, 0.2) is 30.5 Å². The van der Waals surface area contributed by atoms with Gasteiger partial charge in [-0.05, 0) is 12.1 Å². The molecule has 1 aliphatic heterocycles. The average molecular weight is 377 g/mol. The number of thiophene rings is 1. The summed E-state index contributed by atoms with van der Waals surface area (Å²) in [6.07, 6.45) is 2.85. The van der Waals surface area contributed by atoms with Crippen molar-refractivity contribution >= 4 is 27.2 Å². The number of aryl methyl sites for hydroxylation is 1. The van der Waals surface area contributed by atoms with Crippen LogP contribution >= 0.6 is 11.3 Å². The summed E-state index contributed by atoms with van der Waals surface area (Å²) < 4.78 is 7.39. The number of hydrogen-bond acceptors (Lipinski definition) is 5. The number of rotatable bonds is 2. The number of nitrogens with one attached hydrogen (secondary N) is 1. The van der Waals surface area contributed by atoms with Crippen molar-refractivity contribution in [3.05, 3.63) is 40.9 Å². The predicted octanol–water partition coefficient (Wildman–Crippen LogP) is 3.43. The Morgan fingerprint density at radius 2 is 2.07 bits per heavy atom. The van der Waals surface area contributed by atoms with E-state index >= 15 is 0 Å². The van der Waals surface area contributed by atoms with Crippen molar-refractivity contribution < 1.29 is 4.74 Å². The first-order chi connectivity index (χ1) is 13.3. The van der Waals surface area contributed by atoms with Gasteiger partial charge in [0.05, 0.1) is 41.3 Å². The van der Waals surface area contributed by atoms with Gasteiger partial charge in [-0.15, -0.1) is 11.3 Å². The summed E-state index contributed by atoms with van der Waals surface area (Å²) in [6, 6.07) is 8.78. The van der Waals surface area contributed by atoms with Crippen LogP contribution in [0.5, 0.6) is 0 Å². The molecular formula is C20H19N5OS. The van der Waals surface area contributed by atoms with E-state index < -0.39 is 0 Å². The molecular weight excluding hydrogens is 358 g/mol. The Morgan fingerprint density at radius 3 is 2.96 bits per heavy atom. The zero-order valence-electron chi connectivity index (χ0n) is 15.0. The van der Waals surface area contributed by atoms with Gasteiger partial charge in [-0.2, -0.15) is 10.2 Å². The van der Waals surface area contributed by atoms with Gasteiger partial charge in [-0.3, -0.25) is 9.78 Å². The standard InChI is InChI=1S/C20H19N5OS/c1-24-16-8-12(2-3-13(16)11-21-24)19-15-9-17-14(20(15)23-22-19)10-18(27-17)25-4-6-26-7-5-25/h2-3,8,10-11H,4-7,9H2,1H3,(H,22,23). The van der Waals surface area contributed by atoms with Crippen LogP contribution in [0.1, 0.15) is 10.4 Å². The van der Waals surface area contributed by atoms with Gasteiger partial charge >= 0.3 is 0 Å². The molecule has 6 nitrogen and oxygen atoms in total. The fourth-order valence-electron chi connectivity index (χ4n) is 4.15. The average Bonchev–Trinajstić information content (AvgIpc) is 3.44. The normalized spacial score (nSPS) is 16.1. The number of aromatic amines is 1. The summed E-state index contributed by atoms with van der Waals surface area (Å²) in [7, 11) is 1.98. The minimum Gasteiger partial charge on any atom is -0.378 e. The first kappa shape index (κ1) is 15.4. The predicted molar refractivity (Wildman–Crippen MR) is 107 cm³/mol. The topological polar surface area (TPSA) is 59.0 Å². The number of nitrogens with zero attached hydrogens (tertiary/aromatic N) is 4. The molecule has 2 aliphatic rings. The number of H-pyrrole nitrogens is 1. The lowest BCUT2D eigenvalue weighted by atomic mass is 10.0. The Balaban J connectivity index is 1.39. The molecule has 0 amide bonds. The molecule has 0 bridgehead atoms. The molecule has 1 aliphatic carbocycles. The molecule has 3 aromatic heterocycles. The Kier molecular flexibility index (Phi) is 3.24. The molecule has 1 aromatic carbocycles. The van der Waals surface area contributed by atoms with E-state index in [0.717, 1.165) is 54.9 Å². The van der Waals surface area contributed by atoms with Crippen LogP contribution in [-0.4, -0.2) is 46.3 Å². The largest absolute Gasteiger partial charge is 0.378 e. The minimum absolute atomic E-state index is 0.818. The molecule has 0 unspecified atom stereocenters. The van der Waals surface area contributed by atoms with Crippen LogP contribution in [0.4, 0.5) is 5.00 Å². The summed E-state index contributed by atoms with van der Waals surface area (Å²) in [6.45, 7) is 3.59. The van der Waals surface area contributed by atoms with E-state index in [9.17, 15) is 0 Å². The highest BCUT2D eigenvalue weighted by molar-refractivity contribution is 7.16. The summed E-state index contributed by atoms with van der Waals surface area (Å²) in [5.74, 6) is 0. The maximum Gasteiger partial charge on any atom is 0.0963 e. The second-order valence-corrected chi connectivity index (χ2v) is 8.28. The molecule has 0 spiro atoms. The molecule has 1 N–H and O–H groups in total. The van der Waals surface area contributed by atoms with Crippen LogP contribution < -0.4 is 4.90 Å². The lowest BCUT2D eigenvalue weighted by Gasteiger charge is -2.27. The summed E-state index contributed by atoms with van der Waals surface area (Å²) >= 11 is 1.91. The lowest BCUT2D eigenvalue weighted by Crippen LogP contribution is -2.35. The van der Waals surface area contributed by atoms with Crippen molar-refractivity contribution in [3.63, 3.8) is 0 Å². The second kappa shape index (κ2) is 5.68. The number of fused-ring (bicyclic) bond motifs is 4. The fraction of sp³-hybridized carbons (Fsp3) is 0.300. The SMILES string of the molecule is Cn1ncc2ccc(-c3n[nH]c4c3Cc3sc(N5CCOCC5)cc3-4)cc21. The molecule has 27 heavy (non-hydrogen) atoms. The van der Waals surface area contributed by atoms with Gasteiger partial charge in [0.25, 0.3) is 0 Å². The van der Waals surface area contributed by atoms with E-state index in [2.05, 4.69) is 44.5 Å². The van der Waals surface area contributed by atoms with Gasteiger partial charge in [0.15, 0.2) is 0 Å². The zero-order valence-corrected chi connectivity index (χ0v) is 15.8. The number of hydrogen-bond donors (Lipinski definition) is 1. The van der Waals surface area contributed by atoms with Crippen LogP contribution in [0.2, 0.25) is 0 Å². The summed E-state index contributed by atoms with van der Waals surface area (Å²) in [5.41, 5.74) is 7.15. The third-order valence-electron chi connectivity index (χ3n) is 5.62. The van der Waals surface area contributed by atoms with Gasteiger partial charge in [0, 0.05) is 53.5 Å². The summed E-state index contributed by atoms with van der Waals surface area (Å²) in [5, 5.41) is 14.8. The fourth-order valence-corrected chi connectivity index (χ4v) is 5.38. The van der Waals surface area contributed by atoms with E-state index in [1.807, 2.05) is 29.3 Å². The highest BCUT2D eigenvalue weighted by Crippen LogP contribution is 2.46. The van der Waals surface area contributed by atoms with Gasteiger partial charge in [-0.25, -0.2) is 0 Å². The summed E-state index contributed by atoms with van der Waals surface area (Å²) in [4.78, 5) is 3.86. The Morgan fingerprint density at radius 1 is 1.19 bits per heavy atom. The Bertz CT molecular complexity index is 1160. The van der Waals surface area contributed by atoms with Crippen molar-refractivity contribution in [1.29, 1.82) is 0 Å². The van der Waals surface area contributed by atoms with Gasteiger partial charge < -0.3 is 9.64 Å². The molecule has 0 saturated carbocycles. The van der Waals surface area contributed by atoms with Crippen LogP contribution in [0, 0.1) is 0 Å². The molecule has 1 saturated heterocycles. The highest BCUT2D eigenvalue weighted by Gasteiger charge is 2.29. The monoisotopic (exact) mass is 377 g/mol. The molecule has 136 valence electrons. The second-order valence-electron chi connectivity index (χ2n) is 7.17. The third kappa shape index (κ3) is 2.28. The van der Waals surface area contributed by atoms with Crippen molar-refractivity contribution in [3.8, 4) is 22.5 Å². The van der Waals surface area contributed by atoms with Gasteiger partial charge in [-0.1, -0.05) is 12.1 Å². The third-order valence-corrected chi connectivity index (χ3v) is 6.81. The smallest absolute Gasteiger partial charge is 0.0963 e. The number of morpholine rings is 1. The van der Waals surface area contributed by atoms with E-state index in [4.69, 9.17) is 4.74 Å². The zero-order chi connectivity index (χ0) is 18.0. The molecule has 4 aromatic rings. The molecule has 4 heterocycles. The van der Waals surface area contributed by atoms with E-state index in [-0.39, 0.29) is 0 Å². The Labute approximate surface area is 160 Å². The van der Waals surface area contributed by atoms with Crippen molar-refractivity contribution in [2.45, 2.75) is 6.42 Å². The van der Waals surface area contributed by atoms with Crippen LogP contribution in [0.25, 0.3) is 33.4 Å². The lowest BCUT2D eigenvalue weighted by molar-refractivity contribution is 0.123. The quantitative estimate of drug-likeness (QED) is 0.512. The number of aromatic nitrogens is 4. The van der Waals surface area contributed by atoms with E-state index in [0.29, 0.717) is 0 Å². The molecule has 6 rings (SSSR count). The van der Waals surface area contributed by atoms with E-state index in [1.54, 1.807) is 0 Å². The molecule has 0 radical (unpaired) electrons. The first-order valence-electron chi connectivity index (χ1n) is 9.23. The Hall–Kier alpha value is -2.64. The molecule has 1 fully saturated rings. The van der Waals surface area contributed by atoms with E-state index in [1.165, 1.54) is 26.7 Å². The van der Waals surface area contributed by atoms with Gasteiger partial charge in [0.1, 0.15) is 0 Å². The minimum atomic E-state index is 0.818. The van der Waals surface area contributed by atoms with Crippen LogP contribution in [-0.2, 0) is 18.2 Å². The van der Waals surface area contributed by atoms with Gasteiger partial charge in [0.2, 0.25) is 0 Å². The molecule has 0 atom stereocenters. The molecule has 7 heteroatoms. The first-order valence-corrected chi connectivity index (χ1v) is 10.0.